The predicted molar refractivity (Wildman–Crippen MR) is 67.2 cm³/mol. The first-order chi connectivity index (χ1) is 6.88. The summed E-state index contributed by atoms with van der Waals surface area (Å²) in [7, 11) is 0. The highest BCUT2D eigenvalue weighted by Gasteiger charge is 2.13. The minimum atomic E-state index is 0.224. The molecule has 1 aromatic rings. The van der Waals surface area contributed by atoms with Crippen LogP contribution in [0.5, 0.6) is 0 Å². The number of carbonyl (C=O) groups excluding carboxylic acids is 1. The summed E-state index contributed by atoms with van der Waals surface area (Å²) in [5.74, 6) is 0.228. The second-order valence-electron chi connectivity index (χ2n) is 4.99. The SMILES string of the molecule is CC(C)(C)CCC(=O)c1cccc(Br)c1. The van der Waals surface area contributed by atoms with Crippen molar-refractivity contribution in [3.8, 4) is 0 Å². The van der Waals surface area contributed by atoms with Crippen molar-refractivity contribution in [2.24, 2.45) is 5.41 Å². The lowest BCUT2D eigenvalue weighted by Gasteiger charge is -2.16. The van der Waals surface area contributed by atoms with Gasteiger partial charge in [-0.15, -0.1) is 0 Å². The van der Waals surface area contributed by atoms with Crippen LogP contribution in [0.15, 0.2) is 28.7 Å². The van der Waals surface area contributed by atoms with Crippen molar-refractivity contribution >= 4 is 21.7 Å². The van der Waals surface area contributed by atoms with Crippen LogP contribution in [-0.4, -0.2) is 5.78 Å². The topological polar surface area (TPSA) is 17.1 Å². The van der Waals surface area contributed by atoms with Crippen molar-refractivity contribution in [1.29, 1.82) is 0 Å². The van der Waals surface area contributed by atoms with Crippen molar-refractivity contribution in [2.75, 3.05) is 0 Å². The Morgan fingerprint density at radius 2 is 2.00 bits per heavy atom. The van der Waals surface area contributed by atoms with E-state index in [1.165, 1.54) is 0 Å². The molecule has 2 heteroatoms. The van der Waals surface area contributed by atoms with E-state index in [-0.39, 0.29) is 11.2 Å². The summed E-state index contributed by atoms with van der Waals surface area (Å²) in [6.45, 7) is 6.46. The summed E-state index contributed by atoms with van der Waals surface area (Å²) < 4.78 is 0.962. The van der Waals surface area contributed by atoms with E-state index in [4.69, 9.17) is 0 Å². The first kappa shape index (κ1) is 12.4. The average molecular weight is 269 g/mol. The van der Waals surface area contributed by atoms with Crippen LogP contribution in [0.25, 0.3) is 0 Å². The van der Waals surface area contributed by atoms with Gasteiger partial charge in [0.05, 0.1) is 0 Å². The molecule has 0 bridgehead atoms. The highest BCUT2D eigenvalue weighted by molar-refractivity contribution is 9.10. The monoisotopic (exact) mass is 268 g/mol. The molecule has 0 unspecified atom stereocenters. The molecule has 0 fully saturated rings. The van der Waals surface area contributed by atoms with Gasteiger partial charge in [0.15, 0.2) is 5.78 Å². The number of hydrogen-bond donors (Lipinski definition) is 0. The lowest BCUT2D eigenvalue weighted by molar-refractivity contribution is 0.0966. The molecule has 0 saturated heterocycles. The van der Waals surface area contributed by atoms with Crippen molar-refractivity contribution in [3.63, 3.8) is 0 Å². The Morgan fingerprint density at radius 3 is 2.53 bits per heavy atom. The Hall–Kier alpha value is -0.630. The van der Waals surface area contributed by atoms with E-state index in [1.54, 1.807) is 0 Å². The molecule has 0 aliphatic rings. The van der Waals surface area contributed by atoms with Crippen LogP contribution in [0.1, 0.15) is 44.0 Å². The Balaban J connectivity index is 2.62. The van der Waals surface area contributed by atoms with Crippen LogP contribution in [-0.2, 0) is 0 Å². The summed E-state index contributed by atoms with van der Waals surface area (Å²) in [5.41, 5.74) is 1.02. The van der Waals surface area contributed by atoms with Crippen molar-refractivity contribution in [3.05, 3.63) is 34.3 Å². The summed E-state index contributed by atoms with van der Waals surface area (Å²) in [6, 6.07) is 7.58. The fraction of sp³-hybridized carbons (Fsp3) is 0.462. The smallest absolute Gasteiger partial charge is 0.162 e. The van der Waals surface area contributed by atoms with Crippen LogP contribution in [0.3, 0.4) is 0 Å². The van der Waals surface area contributed by atoms with Gasteiger partial charge in [-0.25, -0.2) is 0 Å². The van der Waals surface area contributed by atoms with Crippen LogP contribution < -0.4 is 0 Å². The highest BCUT2D eigenvalue weighted by Crippen LogP contribution is 2.22. The fourth-order valence-corrected chi connectivity index (χ4v) is 1.69. The quantitative estimate of drug-likeness (QED) is 0.740. The number of hydrogen-bond acceptors (Lipinski definition) is 1. The lowest BCUT2D eigenvalue weighted by Crippen LogP contribution is -2.09. The highest BCUT2D eigenvalue weighted by atomic mass is 79.9. The van der Waals surface area contributed by atoms with Crippen LogP contribution in [0, 0.1) is 5.41 Å². The summed E-state index contributed by atoms with van der Waals surface area (Å²) >= 11 is 3.37. The summed E-state index contributed by atoms with van der Waals surface area (Å²) in [4.78, 5) is 11.8. The zero-order valence-electron chi connectivity index (χ0n) is 9.51. The van der Waals surface area contributed by atoms with E-state index in [0.29, 0.717) is 6.42 Å². The van der Waals surface area contributed by atoms with E-state index in [9.17, 15) is 4.79 Å². The number of Topliss-reactive ketones (excluding diaryl/α,β-unsaturated/α-hetero) is 1. The van der Waals surface area contributed by atoms with Gasteiger partial charge in [-0.05, 0) is 24.0 Å². The predicted octanol–water partition coefficient (Wildman–Crippen LogP) is 4.46. The van der Waals surface area contributed by atoms with Crippen LogP contribution >= 0.6 is 15.9 Å². The molecule has 0 aliphatic carbocycles. The van der Waals surface area contributed by atoms with Crippen molar-refractivity contribution in [1.82, 2.24) is 0 Å². The molecule has 0 N–H and O–H groups in total. The number of benzene rings is 1. The fourth-order valence-electron chi connectivity index (χ4n) is 1.29. The Labute approximate surface area is 100 Å². The van der Waals surface area contributed by atoms with E-state index in [1.807, 2.05) is 24.3 Å². The molecule has 0 aliphatic heterocycles. The van der Waals surface area contributed by atoms with Gasteiger partial charge in [0.2, 0.25) is 0 Å². The van der Waals surface area contributed by atoms with Gasteiger partial charge in [-0.1, -0.05) is 48.8 Å². The molecule has 0 heterocycles. The molecule has 0 saturated carbocycles. The molecule has 1 nitrogen and oxygen atoms in total. The third-order valence-corrected chi connectivity index (χ3v) is 2.74. The first-order valence-corrected chi connectivity index (χ1v) is 5.96. The third-order valence-electron chi connectivity index (χ3n) is 2.25. The van der Waals surface area contributed by atoms with Gasteiger partial charge in [-0.2, -0.15) is 0 Å². The van der Waals surface area contributed by atoms with Gasteiger partial charge < -0.3 is 0 Å². The second-order valence-corrected chi connectivity index (χ2v) is 5.91. The normalized spacial score (nSPS) is 11.5. The first-order valence-electron chi connectivity index (χ1n) is 5.17. The van der Waals surface area contributed by atoms with Gasteiger partial charge in [0.1, 0.15) is 0 Å². The molecule has 1 aromatic carbocycles. The second kappa shape index (κ2) is 4.93. The maximum Gasteiger partial charge on any atom is 0.162 e. The maximum absolute atomic E-state index is 11.8. The van der Waals surface area contributed by atoms with Gasteiger partial charge in [0, 0.05) is 16.5 Å². The summed E-state index contributed by atoms with van der Waals surface area (Å²) in [6.07, 6.45) is 1.55. The molecular weight excluding hydrogens is 252 g/mol. The molecule has 0 atom stereocenters. The van der Waals surface area contributed by atoms with Crippen LogP contribution in [0.2, 0.25) is 0 Å². The Morgan fingerprint density at radius 1 is 1.33 bits per heavy atom. The molecule has 0 aromatic heterocycles. The standard InChI is InChI=1S/C13H17BrO/c1-13(2,3)8-7-12(15)10-5-4-6-11(14)9-10/h4-6,9H,7-8H2,1-3H3. The summed E-state index contributed by atoms with van der Waals surface area (Å²) in [5, 5.41) is 0. The molecule has 0 amide bonds. The number of halogens is 1. The zero-order chi connectivity index (χ0) is 11.5. The zero-order valence-corrected chi connectivity index (χ0v) is 11.1. The largest absolute Gasteiger partial charge is 0.294 e. The van der Waals surface area contributed by atoms with E-state index in [2.05, 4.69) is 36.7 Å². The van der Waals surface area contributed by atoms with Gasteiger partial charge in [0.25, 0.3) is 0 Å². The van der Waals surface area contributed by atoms with Crippen molar-refractivity contribution < 1.29 is 4.79 Å². The molecule has 1 rings (SSSR count). The Kier molecular flexibility index (Phi) is 4.09. The Bertz CT molecular complexity index is 350. The molecule has 82 valence electrons. The molecule has 15 heavy (non-hydrogen) atoms. The number of carbonyl (C=O) groups is 1. The number of rotatable bonds is 3. The molecule has 0 radical (unpaired) electrons. The van der Waals surface area contributed by atoms with Gasteiger partial charge in [-0.3, -0.25) is 4.79 Å². The van der Waals surface area contributed by atoms with Crippen LogP contribution in [0.4, 0.5) is 0 Å². The van der Waals surface area contributed by atoms with Gasteiger partial charge >= 0.3 is 0 Å². The van der Waals surface area contributed by atoms with Crippen molar-refractivity contribution in [2.45, 2.75) is 33.6 Å². The number of ketones is 1. The molecule has 0 spiro atoms. The maximum atomic E-state index is 11.8. The third kappa shape index (κ3) is 4.61. The minimum absolute atomic E-state index is 0.224. The van der Waals surface area contributed by atoms with E-state index < -0.39 is 0 Å². The minimum Gasteiger partial charge on any atom is -0.294 e. The molecular formula is C13H17BrO. The van der Waals surface area contributed by atoms with E-state index >= 15 is 0 Å². The lowest BCUT2D eigenvalue weighted by atomic mass is 9.88. The van der Waals surface area contributed by atoms with E-state index in [0.717, 1.165) is 16.5 Å². The average Bonchev–Trinajstić information content (AvgIpc) is 2.13.